The number of hydrogen-bond donors (Lipinski definition) is 0. The van der Waals surface area contributed by atoms with Crippen LogP contribution in [-0.4, -0.2) is 31.1 Å². The van der Waals surface area contributed by atoms with E-state index >= 15 is 0 Å². The molecule has 1 saturated heterocycles. The molecule has 0 spiro atoms. The van der Waals surface area contributed by atoms with E-state index in [1.54, 1.807) is 25.3 Å². The Balaban J connectivity index is 2.15. The van der Waals surface area contributed by atoms with Gasteiger partial charge in [0.2, 0.25) is 10.0 Å². The summed E-state index contributed by atoms with van der Waals surface area (Å²) in [5.74, 6) is 0.781. The second-order valence-corrected chi connectivity index (χ2v) is 7.77. The van der Waals surface area contributed by atoms with Crippen LogP contribution in [0.5, 0.6) is 5.75 Å². The van der Waals surface area contributed by atoms with Gasteiger partial charge in [-0.1, -0.05) is 12.1 Å². The molecule has 0 radical (unpaired) electrons. The summed E-state index contributed by atoms with van der Waals surface area (Å²) in [4.78, 5) is 0. The zero-order chi connectivity index (χ0) is 13.4. The molecule has 1 aromatic rings. The van der Waals surface area contributed by atoms with Gasteiger partial charge >= 0.3 is 0 Å². The number of methoxy groups -OCH3 is 1. The summed E-state index contributed by atoms with van der Waals surface area (Å²) in [7, 11) is -1.56. The van der Waals surface area contributed by atoms with E-state index < -0.39 is 14.8 Å². The molecule has 1 aliphatic heterocycles. The first-order chi connectivity index (χ1) is 8.37. The molecular formula is C13H19NO3S. The van der Waals surface area contributed by atoms with Crippen molar-refractivity contribution in [1.82, 2.24) is 4.31 Å². The van der Waals surface area contributed by atoms with Gasteiger partial charge in [-0.3, -0.25) is 0 Å². The lowest BCUT2D eigenvalue weighted by atomic mass is 10.1. The number of benzene rings is 1. The van der Waals surface area contributed by atoms with Gasteiger partial charge in [0.25, 0.3) is 0 Å². The van der Waals surface area contributed by atoms with Crippen LogP contribution in [0, 0.1) is 0 Å². The molecular weight excluding hydrogens is 250 g/mol. The van der Waals surface area contributed by atoms with Crippen LogP contribution in [0.25, 0.3) is 0 Å². The van der Waals surface area contributed by atoms with E-state index in [9.17, 15) is 8.42 Å². The first-order valence-electron chi connectivity index (χ1n) is 5.99. The molecule has 0 unspecified atom stereocenters. The van der Waals surface area contributed by atoms with Gasteiger partial charge in [-0.25, -0.2) is 8.42 Å². The van der Waals surface area contributed by atoms with Crippen molar-refractivity contribution in [3.63, 3.8) is 0 Å². The van der Waals surface area contributed by atoms with E-state index in [0.717, 1.165) is 11.3 Å². The van der Waals surface area contributed by atoms with Crippen LogP contribution >= 0.6 is 0 Å². The molecule has 0 aliphatic carbocycles. The van der Waals surface area contributed by atoms with E-state index in [-0.39, 0.29) is 0 Å². The fraction of sp³-hybridized carbons (Fsp3) is 0.538. The predicted octanol–water partition coefficient (Wildman–Crippen LogP) is 2.01. The summed E-state index contributed by atoms with van der Waals surface area (Å²) < 4.78 is 30.5. The molecule has 0 aromatic heterocycles. The predicted molar refractivity (Wildman–Crippen MR) is 71.0 cm³/mol. The Bertz CT molecular complexity index is 520. The Labute approximate surface area is 109 Å². The van der Waals surface area contributed by atoms with Crippen LogP contribution in [0.2, 0.25) is 0 Å². The molecule has 0 saturated carbocycles. The number of sulfonamides is 1. The molecule has 1 aliphatic rings. The van der Waals surface area contributed by atoms with Gasteiger partial charge < -0.3 is 4.74 Å². The topological polar surface area (TPSA) is 46.6 Å². The maximum absolute atomic E-state index is 12.2. The molecule has 18 heavy (non-hydrogen) atoms. The van der Waals surface area contributed by atoms with Gasteiger partial charge in [0.15, 0.2) is 0 Å². The zero-order valence-corrected chi connectivity index (χ0v) is 11.8. The van der Waals surface area contributed by atoms with Gasteiger partial charge in [-0.2, -0.15) is 4.31 Å². The Kier molecular flexibility index (Phi) is 3.38. The number of hydrogen-bond acceptors (Lipinski definition) is 3. The van der Waals surface area contributed by atoms with Crippen molar-refractivity contribution in [1.29, 1.82) is 0 Å². The summed E-state index contributed by atoms with van der Waals surface area (Å²) in [6.07, 6.45) is 0.686. The number of rotatable bonds is 3. The highest BCUT2D eigenvalue weighted by molar-refractivity contribution is 7.90. The lowest BCUT2D eigenvalue weighted by molar-refractivity contribution is 0.413. The largest absolute Gasteiger partial charge is 0.497 e. The van der Waals surface area contributed by atoms with Gasteiger partial charge in [-0.05, 0) is 38.0 Å². The lowest BCUT2D eigenvalue weighted by Gasteiger charge is -2.20. The fourth-order valence-electron chi connectivity index (χ4n) is 2.09. The fourth-order valence-corrected chi connectivity index (χ4v) is 3.79. The first kappa shape index (κ1) is 13.4. The van der Waals surface area contributed by atoms with Crippen LogP contribution < -0.4 is 4.74 Å². The minimum absolute atomic E-state index is 0.440. The number of ether oxygens (including phenoxy) is 1. The highest BCUT2D eigenvalue weighted by Crippen LogP contribution is 2.33. The molecule has 0 N–H and O–H groups in total. The summed E-state index contributed by atoms with van der Waals surface area (Å²) in [6.45, 7) is 4.61. The van der Waals surface area contributed by atoms with Crippen molar-refractivity contribution in [2.75, 3.05) is 13.7 Å². The van der Waals surface area contributed by atoms with E-state index in [1.807, 2.05) is 24.3 Å². The van der Waals surface area contributed by atoms with Crippen molar-refractivity contribution in [3.05, 3.63) is 29.8 Å². The maximum Gasteiger partial charge on any atom is 0.219 e. The van der Waals surface area contributed by atoms with Gasteiger partial charge in [-0.15, -0.1) is 0 Å². The van der Waals surface area contributed by atoms with Gasteiger partial charge in [0.05, 0.1) is 11.9 Å². The molecule has 1 aromatic carbocycles. The summed E-state index contributed by atoms with van der Waals surface area (Å²) in [5, 5.41) is 0. The minimum Gasteiger partial charge on any atom is -0.497 e. The molecule has 1 fully saturated rings. The van der Waals surface area contributed by atoms with Gasteiger partial charge in [0.1, 0.15) is 5.75 Å². The maximum atomic E-state index is 12.2. The monoisotopic (exact) mass is 269 g/mol. The average molecular weight is 269 g/mol. The Morgan fingerprint density at radius 3 is 2.33 bits per heavy atom. The summed E-state index contributed by atoms with van der Waals surface area (Å²) >= 11 is 0. The summed E-state index contributed by atoms with van der Waals surface area (Å²) in [6, 6.07) is 7.51. The Hall–Kier alpha value is -1.07. The van der Waals surface area contributed by atoms with Crippen LogP contribution in [0.1, 0.15) is 25.8 Å². The van der Waals surface area contributed by atoms with Crippen LogP contribution in [0.4, 0.5) is 0 Å². The normalized spacial score (nSPS) is 21.9. The van der Waals surface area contributed by atoms with Crippen LogP contribution in [0.3, 0.4) is 0 Å². The molecule has 1 heterocycles. The van der Waals surface area contributed by atoms with Crippen LogP contribution in [0.15, 0.2) is 24.3 Å². The van der Waals surface area contributed by atoms with Crippen molar-refractivity contribution in [2.24, 2.45) is 0 Å². The second kappa shape index (κ2) is 4.55. The van der Waals surface area contributed by atoms with Crippen molar-refractivity contribution < 1.29 is 13.2 Å². The third-order valence-electron chi connectivity index (χ3n) is 3.52. The highest BCUT2D eigenvalue weighted by atomic mass is 32.2. The second-order valence-electron chi connectivity index (χ2n) is 5.20. The molecule has 0 atom stereocenters. The van der Waals surface area contributed by atoms with Crippen LogP contribution in [-0.2, 0) is 16.6 Å². The molecule has 0 bridgehead atoms. The molecule has 4 nitrogen and oxygen atoms in total. The smallest absolute Gasteiger partial charge is 0.219 e. The number of nitrogens with zero attached hydrogens (tertiary/aromatic N) is 1. The van der Waals surface area contributed by atoms with Crippen molar-refractivity contribution >= 4 is 10.0 Å². The van der Waals surface area contributed by atoms with E-state index in [4.69, 9.17) is 4.74 Å². The highest BCUT2D eigenvalue weighted by Gasteiger charge is 2.45. The molecule has 2 rings (SSSR count). The molecule has 100 valence electrons. The molecule has 0 amide bonds. The van der Waals surface area contributed by atoms with E-state index in [2.05, 4.69) is 0 Å². The van der Waals surface area contributed by atoms with E-state index in [0.29, 0.717) is 19.5 Å². The third-order valence-corrected chi connectivity index (χ3v) is 6.11. The third kappa shape index (κ3) is 2.24. The Morgan fingerprint density at radius 2 is 1.89 bits per heavy atom. The minimum atomic E-state index is -3.18. The van der Waals surface area contributed by atoms with Crippen molar-refractivity contribution in [3.8, 4) is 5.75 Å². The summed E-state index contributed by atoms with van der Waals surface area (Å²) in [5.41, 5.74) is 0.983. The average Bonchev–Trinajstić information content (AvgIpc) is 2.53. The standard InChI is InChI=1S/C13H19NO3S/c1-13(2)8-9-14(18(13,15)16)10-11-4-6-12(17-3)7-5-11/h4-7H,8-10H2,1-3H3. The SMILES string of the molecule is COc1ccc(CN2CCC(C)(C)S2(=O)=O)cc1. The molecule has 5 heteroatoms. The van der Waals surface area contributed by atoms with Gasteiger partial charge in [0, 0.05) is 13.1 Å². The lowest BCUT2D eigenvalue weighted by Crippen LogP contribution is -2.34. The van der Waals surface area contributed by atoms with Crippen molar-refractivity contribution in [2.45, 2.75) is 31.6 Å². The first-order valence-corrected chi connectivity index (χ1v) is 7.43. The quantitative estimate of drug-likeness (QED) is 0.843. The van der Waals surface area contributed by atoms with E-state index in [1.165, 1.54) is 0 Å². The zero-order valence-electron chi connectivity index (χ0n) is 11.0. The Morgan fingerprint density at radius 1 is 1.28 bits per heavy atom.